The number of nitrogens with zero attached hydrogens (tertiary/aromatic N) is 2. The first-order valence-electron chi connectivity index (χ1n) is 6.24. The van der Waals surface area contributed by atoms with Gasteiger partial charge in [-0.1, -0.05) is 0 Å². The summed E-state index contributed by atoms with van der Waals surface area (Å²) in [6.07, 6.45) is 0.725. The Morgan fingerprint density at radius 1 is 1.53 bits per heavy atom. The van der Waals surface area contributed by atoms with Crippen LogP contribution in [0, 0.1) is 0 Å². The van der Waals surface area contributed by atoms with Crippen LogP contribution in [0.3, 0.4) is 0 Å². The van der Waals surface area contributed by atoms with Crippen LogP contribution < -0.4 is 5.73 Å². The second-order valence-electron chi connectivity index (χ2n) is 3.75. The van der Waals surface area contributed by atoms with Crippen LogP contribution in [-0.4, -0.2) is 48.6 Å². The summed E-state index contributed by atoms with van der Waals surface area (Å²) in [6, 6.07) is 0. The zero-order chi connectivity index (χ0) is 13.4. The Bertz CT molecular complexity index is 374. The van der Waals surface area contributed by atoms with E-state index >= 15 is 0 Å². The third-order valence-corrected chi connectivity index (χ3v) is 3.42. The highest BCUT2D eigenvalue weighted by atomic mass is 35.5. The van der Waals surface area contributed by atoms with Gasteiger partial charge in [0.05, 0.1) is 11.6 Å². The summed E-state index contributed by atoms with van der Waals surface area (Å²) < 4.78 is 5.27. The molecule has 19 heavy (non-hydrogen) atoms. The second-order valence-corrected chi connectivity index (χ2v) is 4.69. The number of halogens is 1. The molecule has 1 heterocycles. The van der Waals surface area contributed by atoms with Crippen LogP contribution in [0.5, 0.6) is 0 Å². The third-order valence-electron chi connectivity index (χ3n) is 2.51. The van der Waals surface area contributed by atoms with Crippen LogP contribution in [0.25, 0.3) is 0 Å². The molecule has 7 heteroatoms. The topological polar surface area (TPSA) is 68.5 Å². The highest BCUT2D eigenvalue weighted by molar-refractivity contribution is 7.09. The van der Waals surface area contributed by atoms with Crippen molar-refractivity contribution in [2.24, 2.45) is 5.73 Å². The zero-order valence-corrected chi connectivity index (χ0v) is 13.1. The van der Waals surface area contributed by atoms with Gasteiger partial charge in [0.1, 0.15) is 5.69 Å². The minimum Gasteiger partial charge on any atom is -0.380 e. The predicted molar refractivity (Wildman–Crippen MR) is 80.2 cm³/mol. The van der Waals surface area contributed by atoms with Crippen molar-refractivity contribution < 1.29 is 9.53 Å². The van der Waals surface area contributed by atoms with Crippen molar-refractivity contribution in [3.05, 3.63) is 16.1 Å². The maximum Gasteiger partial charge on any atom is 0.273 e. The summed E-state index contributed by atoms with van der Waals surface area (Å²) >= 11 is 1.49. The van der Waals surface area contributed by atoms with Crippen molar-refractivity contribution >= 4 is 29.7 Å². The van der Waals surface area contributed by atoms with Gasteiger partial charge in [0.15, 0.2) is 0 Å². The number of rotatable bonds is 8. The van der Waals surface area contributed by atoms with Gasteiger partial charge in [-0.25, -0.2) is 4.98 Å². The summed E-state index contributed by atoms with van der Waals surface area (Å²) in [4.78, 5) is 18.2. The highest BCUT2D eigenvalue weighted by Crippen LogP contribution is 2.12. The molecule has 0 atom stereocenters. The Kier molecular flexibility index (Phi) is 9.77. The van der Waals surface area contributed by atoms with E-state index in [2.05, 4.69) is 4.98 Å². The van der Waals surface area contributed by atoms with E-state index in [1.54, 1.807) is 10.3 Å². The summed E-state index contributed by atoms with van der Waals surface area (Å²) in [5, 5.41) is 2.72. The smallest absolute Gasteiger partial charge is 0.273 e. The Balaban J connectivity index is 0.00000324. The molecule has 110 valence electrons. The quantitative estimate of drug-likeness (QED) is 0.740. The average molecular weight is 308 g/mol. The van der Waals surface area contributed by atoms with Crippen LogP contribution in [-0.2, 0) is 11.2 Å². The number of hydrogen-bond donors (Lipinski definition) is 1. The van der Waals surface area contributed by atoms with Crippen molar-refractivity contribution in [3.8, 4) is 0 Å². The lowest BCUT2D eigenvalue weighted by Crippen LogP contribution is -2.34. The number of likely N-dealkylation sites (N-methyl/N-ethyl adjacent to an activating group) is 1. The number of carbonyl (C=O) groups excluding carboxylic acids is 1. The fourth-order valence-corrected chi connectivity index (χ4v) is 2.32. The van der Waals surface area contributed by atoms with E-state index in [4.69, 9.17) is 10.5 Å². The molecule has 0 spiro atoms. The van der Waals surface area contributed by atoms with E-state index in [9.17, 15) is 4.79 Å². The standard InChI is InChI=1S/C12H21N3O2S.ClH/c1-3-15(7-8-17-4-2)12(16)10-9-18-11(14-10)5-6-13;/h9H,3-8,13H2,1-2H3;1H. The minimum atomic E-state index is -0.0308. The van der Waals surface area contributed by atoms with E-state index in [0.717, 1.165) is 11.4 Å². The van der Waals surface area contributed by atoms with E-state index in [1.165, 1.54) is 11.3 Å². The number of ether oxygens (including phenoxy) is 1. The first-order chi connectivity index (χ1) is 8.72. The summed E-state index contributed by atoms with van der Waals surface area (Å²) in [5.74, 6) is -0.0308. The van der Waals surface area contributed by atoms with Gasteiger partial charge in [0.2, 0.25) is 0 Å². The molecule has 0 fully saturated rings. The third kappa shape index (κ3) is 5.86. The van der Waals surface area contributed by atoms with Crippen LogP contribution in [0.15, 0.2) is 5.38 Å². The minimum absolute atomic E-state index is 0. The molecule has 0 aromatic carbocycles. The molecule has 0 bridgehead atoms. The Morgan fingerprint density at radius 3 is 2.84 bits per heavy atom. The molecule has 0 aliphatic heterocycles. The molecule has 1 aromatic rings. The van der Waals surface area contributed by atoms with Gasteiger partial charge in [-0.2, -0.15) is 0 Å². The molecule has 0 radical (unpaired) electrons. The molecule has 0 aliphatic carbocycles. The maximum absolute atomic E-state index is 12.2. The predicted octanol–water partition coefficient (Wildman–Crippen LogP) is 1.56. The van der Waals surface area contributed by atoms with Gasteiger partial charge in [0.25, 0.3) is 5.91 Å². The van der Waals surface area contributed by atoms with E-state index in [-0.39, 0.29) is 18.3 Å². The summed E-state index contributed by atoms with van der Waals surface area (Å²) in [5.41, 5.74) is 5.98. The lowest BCUT2D eigenvalue weighted by molar-refractivity contribution is 0.0664. The Labute approximate surface area is 124 Å². The molecule has 0 aliphatic rings. The maximum atomic E-state index is 12.2. The molecular weight excluding hydrogens is 286 g/mol. The van der Waals surface area contributed by atoms with E-state index in [1.807, 2.05) is 13.8 Å². The van der Waals surface area contributed by atoms with Crippen molar-refractivity contribution in [3.63, 3.8) is 0 Å². The van der Waals surface area contributed by atoms with Gasteiger partial charge in [0, 0.05) is 31.5 Å². The van der Waals surface area contributed by atoms with Crippen molar-refractivity contribution in [2.75, 3.05) is 32.8 Å². The first kappa shape index (κ1) is 18.3. The van der Waals surface area contributed by atoms with Crippen LogP contribution in [0.4, 0.5) is 0 Å². The van der Waals surface area contributed by atoms with Crippen molar-refractivity contribution in [2.45, 2.75) is 20.3 Å². The molecule has 1 aromatic heterocycles. The SMILES string of the molecule is CCOCCN(CC)C(=O)c1csc(CCN)n1.Cl. The number of aromatic nitrogens is 1. The molecule has 0 saturated heterocycles. The summed E-state index contributed by atoms with van der Waals surface area (Å²) in [6.45, 7) is 6.96. The molecule has 2 N–H and O–H groups in total. The molecule has 5 nitrogen and oxygen atoms in total. The van der Waals surface area contributed by atoms with Gasteiger partial charge in [-0.05, 0) is 20.4 Å². The lowest BCUT2D eigenvalue weighted by Gasteiger charge is -2.19. The number of carbonyl (C=O) groups is 1. The van der Waals surface area contributed by atoms with E-state index < -0.39 is 0 Å². The highest BCUT2D eigenvalue weighted by Gasteiger charge is 2.16. The molecular formula is C12H22ClN3O2S. The van der Waals surface area contributed by atoms with Crippen LogP contribution >= 0.6 is 23.7 Å². The monoisotopic (exact) mass is 307 g/mol. The first-order valence-corrected chi connectivity index (χ1v) is 7.12. The lowest BCUT2D eigenvalue weighted by atomic mass is 10.3. The average Bonchev–Trinajstić information content (AvgIpc) is 2.83. The molecule has 0 saturated carbocycles. The Hall–Kier alpha value is -0.690. The van der Waals surface area contributed by atoms with Crippen LogP contribution in [0.1, 0.15) is 29.3 Å². The summed E-state index contributed by atoms with van der Waals surface area (Å²) in [7, 11) is 0. The number of thiazole rings is 1. The molecule has 1 amide bonds. The number of nitrogens with two attached hydrogens (primary N) is 1. The van der Waals surface area contributed by atoms with Crippen LogP contribution in [0.2, 0.25) is 0 Å². The normalized spacial score (nSPS) is 10.1. The van der Waals surface area contributed by atoms with Gasteiger partial charge in [-0.3, -0.25) is 4.79 Å². The molecule has 1 rings (SSSR count). The number of amides is 1. The van der Waals surface area contributed by atoms with Crippen molar-refractivity contribution in [1.29, 1.82) is 0 Å². The number of hydrogen-bond acceptors (Lipinski definition) is 5. The van der Waals surface area contributed by atoms with Crippen molar-refractivity contribution in [1.82, 2.24) is 9.88 Å². The van der Waals surface area contributed by atoms with E-state index in [0.29, 0.717) is 38.5 Å². The zero-order valence-electron chi connectivity index (χ0n) is 11.4. The fraction of sp³-hybridized carbons (Fsp3) is 0.667. The largest absolute Gasteiger partial charge is 0.380 e. The fourth-order valence-electron chi connectivity index (χ4n) is 1.53. The Morgan fingerprint density at radius 2 is 2.26 bits per heavy atom. The van der Waals surface area contributed by atoms with Gasteiger partial charge >= 0.3 is 0 Å². The van der Waals surface area contributed by atoms with Gasteiger partial charge < -0.3 is 15.4 Å². The van der Waals surface area contributed by atoms with Gasteiger partial charge in [-0.15, -0.1) is 23.7 Å². The molecule has 0 unspecified atom stereocenters. The second kappa shape index (κ2) is 10.1.